The fraction of sp³-hybridized carbons (Fsp3) is 0.345. The first kappa shape index (κ1) is 27.8. The Hall–Kier alpha value is -4.71. The maximum absolute atomic E-state index is 13.0. The molecule has 2 aromatic carbocycles. The van der Waals surface area contributed by atoms with Crippen LogP contribution in [0.25, 0.3) is 10.8 Å². The molecular formula is C29H30N4O8. The van der Waals surface area contributed by atoms with Gasteiger partial charge in [-0.2, -0.15) is 0 Å². The van der Waals surface area contributed by atoms with Crippen molar-refractivity contribution < 1.29 is 38.6 Å². The molecule has 5 rings (SSSR count). The zero-order valence-corrected chi connectivity index (χ0v) is 22.8. The van der Waals surface area contributed by atoms with E-state index < -0.39 is 35.6 Å². The number of imide groups is 1. The number of amides is 3. The second kappa shape index (κ2) is 11.0. The Morgan fingerprint density at radius 2 is 1.76 bits per heavy atom. The fourth-order valence-electron chi connectivity index (χ4n) is 4.55. The van der Waals surface area contributed by atoms with Crippen molar-refractivity contribution in [2.24, 2.45) is 5.92 Å². The molecular weight excluding hydrogens is 532 g/mol. The van der Waals surface area contributed by atoms with Crippen LogP contribution in [0, 0.1) is 5.92 Å². The van der Waals surface area contributed by atoms with Gasteiger partial charge >= 0.3 is 12.1 Å². The predicted molar refractivity (Wildman–Crippen MR) is 146 cm³/mol. The third kappa shape index (κ3) is 6.07. The summed E-state index contributed by atoms with van der Waals surface area (Å²) in [5.41, 5.74) is -0.471. The Kier molecular flexibility index (Phi) is 7.50. The van der Waals surface area contributed by atoms with Crippen molar-refractivity contribution in [1.82, 2.24) is 14.9 Å². The summed E-state index contributed by atoms with van der Waals surface area (Å²) in [6.07, 6.45) is -0.678. The summed E-state index contributed by atoms with van der Waals surface area (Å²) in [5, 5.41) is 14.5. The Morgan fingerprint density at radius 1 is 1.07 bits per heavy atom. The molecule has 214 valence electrons. The standard InChI is InChI=1S/C29H30N4O8/c1-29(2,3)40-27(36)23(41-33-25(34)21-6-4-5-7-22(21)26(33)35)16-39-19-8-9-20-18(12-19)10-11-30-24(20)31-13-17-14-32(15-17)28(37)38/h4-12,17,23H,13-16H2,1-3H3,(H,30,31)(H,37,38)/t23-/m0/s1. The first-order valence-electron chi connectivity index (χ1n) is 13.1. The second-order valence-electron chi connectivity index (χ2n) is 10.9. The van der Waals surface area contributed by atoms with Gasteiger partial charge in [0.25, 0.3) is 11.8 Å². The van der Waals surface area contributed by atoms with Crippen molar-refractivity contribution >= 4 is 40.5 Å². The number of nitrogens with zero attached hydrogens (tertiary/aromatic N) is 3. The highest BCUT2D eigenvalue weighted by Gasteiger charge is 2.40. The van der Waals surface area contributed by atoms with Crippen LogP contribution in [0.2, 0.25) is 0 Å². The number of hydroxylamine groups is 2. The lowest BCUT2D eigenvalue weighted by Crippen LogP contribution is -2.51. The lowest BCUT2D eigenvalue weighted by atomic mass is 10.0. The summed E-state index contributed by atoms with van der Waals surface area (Å²) >= 11 is 0. The Labute approximate surface area is 235 Å². The molecule has 0 spiro atoms. The number of carbonyl (C=O) groups is 4. The van der Waals surface area contributed by atoms with Gasteiger partial charge in [0.1, 0.15) is 23.8 Å². The van der Waals surface area contributed by atoms with Gasteiger partial charge in [-0.1, -0.05) is 12.1 Å². The van der Waals surface area contributed by atoms with Crippen molar-refractivity contribution in [2.75, 3.05) is 31.6 Å². The maximum Gasteiger partial charge on any atom is 0.407 e. The Bertz CT molecular complexity index is 1480. The third-order valence-corrected chi connectivity index (χ3v) is 6.58. The number of anilines is 1. The van der Waals surface area contributed by atoms with Crippen LogP contribution in [-0.2, 0) is 14.4 Å². The van der Waals surface area contributed by atoms with Crippen molar-refractivity contribution in [2.45, 2.75) is 32.5 Å². The molecule has 1 atom stereocenters. The van der Waals surface area contributed by atoms with E-state index in [1.807, 2.05) is 12.1 Å². The number of likely N-dealkylation sites (tertiary alicyclic amines) is 1. The van der Waals surface area contributed by atoms with Crippen LogP contribution >= 0.6 is 0 Å². The molecule has 0 bridgehead atoms. The monoisotopic (exact) mass is 562 g/mol. The number of benzene rings is 2. The number of carboxylic acid groups (broad SMARTS) is 1. The van der Waals surface area contributed by atoms with Crippen LogP contribution in [0.4, 0.5) is 10.6 Å². The molecule has 41 heavy (non-hydrogen) atoms. The van der Waals surface area contributed by atoms with Gasteiger partial charge in [-0.05, 0) is 62.6 Å². The van der Waals surface area contributed by atoms with E-state index in [-0.39, 0.29) is 23.7 Å². The SMILES string of the molecule is CC(C)(C)OC(=O)[C@H](COc1ccc2c(NCC3CN(C(=O)O)C3)nccc2c1)ON1C(=O)c2ccccc2C1=O. The first-order chi connectivity index (χ1) is 19.5. The molecule has 2 aliphatic heterocycles. The second-order valence-corrected chi connectivity index (χ2v) is 10.9. The number of rotatable bonds is 9. The van der Waals surface area contributed by atoms with Crippen molar-refractivity contribution in [1.29, 1.82) is 0 Å². The molecule has 3 aromatic rings. The van der Waals surface area contributed by atoms with Crippen LogP contribution in [0.5, 0.6) is 5.75 Å². The van der Waals surface area contributed by atoms with Gasteiger partial charge in [-0.3, -0.25) is 9.59 Å². The molecule has 1 saturated heterocycles. The molecule has 0 unspecified atom stereocenters. The number of pyridine rings is 1. The van der Waals surface area contributed by atoms with Crippen molar-refractivity contribution in [3.05, 3.63) is 65.9 Å². The molecule has 1 fully saturated rings. The number of ether oxygens (including phenoxy) is 2. The number of nitrogens with one attached hydrogen (secondary N) is 1. The lowest BCUT2D eigenvalue weighted by Gasteiger charge is -2.37. The highest BCUT2D eigenvalue weighted by Crippen LogP contribution is 2.28. The molecule has 0 radical (unpaired) electrons. The smallest absolute Gasteiger partial charge is 0.407 e. The van der Waals surface area contributed by atoms with Gasteiger partial charge in [0.2, 0.25) is 6.10 Å². The zero-order valence-electron chi connectivity index (χ0n) is 22.8. The number of carbonyl (C=O) groups excluding carboxylic acids is 3. The summed E-state index contributed by atoms with van der Waals surface area (Å²) in [6, 6.07) is 13.4. The summed E-state index contributed by atoms with van der Waals surface area (Å²) in [7, 11) is 0. The van der Waals surface area contributed by atoms with Crippen LogP contribution in [-0.4, -0.2) is 81.9 Å². The number of esters is 1. The topological polar surface area (TPSA) is 148 Å². The van der Waals surface area contributed by atoms with E-state index in [0.717, 1.165) is 10.8 Å². The molecule has 2 N–H and O–H groups in total. The summed E-state index contributed by atoms with van der Waals surface area (Å²) < 4.78 is 11.4. The van der Waals surface area contributed by atoms with Crippen LogP contribution < -0.4 is 10.1 Å². The van der Waals surface area contributed by atoms with Gasteiger partial charge in [-0.25, -0.2) is 19.4 Å². The Morgan fingerprint density at radius 3 is 2.39 bits per heavy atom. The molecule has 12 heteroatoms. The Balaban J connectivity index is 1.27. The number of hydrogen-bond donors (Lipinski definition) is 2. The van der Waals surface area contributed by atoms with Gasteiger partial charge in [0.15, 0.2) is 0 Å². The largest absolute Gasteiger partial charge is 0.490 e. The van der Waals surface area contributed by atoms with Gasteiger partial charge in [0, 0.05) is 37.1 Å². The van der Waals surface area contributed by atoms with E-state index in [2.05, 4.69) is 10.3 Å². The average Bonchev–Trinajstić information content (AvgIpc) is 3.13. The fourth-order valence-corrected chi connectivity index (χ4v) is 4.55. The predicted octanol–water partition coefficient (Wildman–Crippen LogP) is 3.57. The van der Waals surface area contributed by atoms with Crippen LogP contribution in [0.15, 0.2) is 54.7 Å². The zero-order chi connectivity index (χ0) is 29.3. The van der Waals surface area contributed by atoms with E-state index in [1.54, 1.807) is 51.2 Å². The van der Waals surface area contributed by atoms with E-state index in [4.69, 9.17) is 19.4 Å². The van der Waals surface area contributed by atoms with E-state index >= 15 is 0 Å². The molecule has 2 aliphatic rings. The van der Waals surface area contributed by atoms with Crippen molar-refractivity contribution in [3.8, 4) is 5.75 Å². The average molecular weight is 563 g/mol. The number of hydrogen-bond acceptors (Lipinski definition) is 9. The number of aromatic nitrogens is 1. The normalized spacial score (nSPS) is 15.9. The first-order valence-corrected chi connectivity index (χ1v) is 13.1. The van der Waals surface area contributed by atoms with Crippen LogP contribution in [0.1, 0.15) is 41.5 Å². The molecule has 0 saturated carbocycles. The summed E-state index contributed by atoms with van der Waals surface area (Å²) in [6.45, 7) is 6.30. The number of fused-ring (bicyclic) bond motifs is 2. The third-order valence-electron chi connectivity index (χ3n) is 6.58. The molecule has 12 nitrogen and oxygen atoms in total. The van der Waals surface area contributed by atoms with Crippen molar-refractivity contribution in [3.63, 3.8) is 0 Å². The minimum Gasteiger partial charge on any atom is -0.490 e. The minimum absolute atomic E-state index is 0.186. The highest BCUT2D eigenvalue weighted by atomic mass is 16.7. The molecule has 3 amide bonds. The molecule has 0 aliphatic carbocycles. The van der Waals surface area contributed by atoms with Crippen LogP contribution in [0.3, 0.4) is 0 Å². The van der Waals surface area contributed by atoms with E-state index in [1.165, 1.54) is 17.0 Å². The minimum atomic E-state index is -1.41. The van der Waals surface area contributed by atoms with E-state index in [9.17, 15) is 19.2 Å². The molecule has 3 heterocycles. The van der Waals surface area contributed by atoms with E-state index in [0.29, 0.717) is 36.3 Å². The summed E-state index contributed by atoms with van der Waals surface area (Å²) in [4.78, 5) is 61.0. The summed E-state index contributed by atoms with van der Waals surface area (Å²) in [5.74, 6) is -0.848. The lowest BCUT2D eigenvalue weighted by molar-refractivity contribution is -0.193. The maximum atomic E-state index is 13.0. The van der Waals surface area contributed by atoms with Gasteiger partial charge in [0.05, 0.1) is 11.1 Å². The van der Waals surface area contributed by atoms with Gasteiger partial charge in [-0.15, -0.1) is 5.06 Å². The highest BCUT2D eigenvalue weighted by molar-refractivity contribution is 6.20. The molecule has 1 aromatic heterocycles. The quantitative estimate of drug-likeness (QED) is 0.293. The van der Waals surface area contributed by atoms with Gasteiger partial charge < -0.3 is 24.8 Å².